The van der Waals surface area contributed by atoms with Gasteiger partial charge in [0.1, 0.15) is 12.7 Å². The number of methoxy groups -OCH3 is 1. The molecule has 0 saturated carbocycles. The Morgan fingerprint density at radius 1 is 1.00 bits per heavy atom. The van der Waals surface area contributed by atoms with Crippen LogP contribution in [-0.2, 0) is 4.79 Å². The first-order chi connectivity index (χ1) is 15.0. The van der Waals surface area contributed by atoms with E-state index in [4.69, 9.17) is 9.47 Å². The standard InChI is InChI=1S/C23H35N3O5/c1-18(27)19-6-7-21(22(14-19)30-2)31-17-20(28)15-24-10-12-25(13-11-24)16-23(29)26-8-4-3-5-9-26/h6-7,14,20,28H,3-5,8-13,15-17H2,1-2H3. The van der Waals surface area contributed by atoms with Crippen LogP contribution in [-0.4, -0.2) is 104 Å². The van der Waals surface area contributed by atoms with Crippen molar-refractivity contribution in [2.24, 2.45) is 0 Å². The lowest BCUT2D eigenvalue weighted by atomic mass is 10.1. The lowest BCUT2D eigenvalue weighted by Crippen LogP contribution is -2.52. The Morgan fingerprint density at radius 3 is 2.32 bits per heavy atom. The van der Waals surface area contributed by atoms with Gasteiger partial charge in [0, 0.05) is 51.4 Å². The highest BCUT2D eigenvalue weighted by atomic mass is 16.5. The number of β-amino-alcohol motifs (C(OH)–C–C–N with tert-alkyl or cyclic N) is 1. The van der Waals surface area contributed by atoms with Crippen molar-refractivity contribution < 1.29 is 24.2 Å². The number of amides is 1. The summed E-state index contributed by atoms with van der Waals surface area (Å²) in [7, 11) is 1.53. The number of benzene rings is 1. The van der Waals surface area contributed by atoms with Crippen molar-refractivity contribution in [2.45, 2.75) is 32.3 Å². The van der Waals surface area contributed by atoms with Crippen LogP contribution in [0.2, 0.25) is 0 Å². The fourth-order valence-electron chi connectivity index (χ4n) is 4.11. The zero-order valence-electron chi connectivity index (χ0n) is 18.7. The molecule has 0 bridgehead atoms. The number of piperidine rings is 1. The Hall–Kier alpha value is -2.16. The third-order valence-corrected chi connectivity index (χ3v) is 6.00. The first-order valence-corrected chi connectivity index (χ1v) is 11.2. The van der Waals surface area contributed by atoms with Crippen LogP contribution in [0.15, 0.2) is 18.2 Å². The number of hydrogen-bond acceptors (Lipinski definition) is 7. The fourth-order valence-corrected chi connectivity index (χ4v) is 4.11. The number of aliphatic hydroxyl groups is 1. The van der Waals surface area contributed by atoms with E-state index >= 15 is 0 Å². The Morgan fingerprint density at radius 2 is 1.68 bits per heavy atom. The van der Waals surface area contributed by atoms with Crippen molar-refractivity contribution in [3.63, 3.8) is 0 Å². The second-order valence-electron chi connectivity index (χ2n) is 8.40. The number of ketones is 1. The van der Waals surface area contributed by atoms with Crippen LogP contribution < -0.4 is 9.47 Å². The van der Waals surface area contributed by atoms with Gasteiger partial charge < -0.3 is 19.5 Å². The minimum Gasteiger partial charge on any atom is -0.493 e. The molecule has 1 aromatic rings. The quantitative estimate of drug-likeness (QED) is 0.587. The highest BCUT2D eigenvalue weighted by Gasteiger charge is 2.24. The number of rotatable bonds is 9. The minimum absolute atomic E-state index is 0.0401. The van der Waals surface area contributed by atoms with E-state index in [2.05, 4.69) is 9.80 Å². The third kappa shape index (κ3) is 6.92. The maximum atomic E-state index is 12.4. The Balaban J connectivity index is 1.38. The van der Waals surface area contributed by atoms with Gasteiger partial charge in [-0.15, -0.1) is 0 Å². The predicted octanol–water partition coefficient (Wildman–Crippen LogP) is 1.27. The molecule has 2 fully saturated rings. The molecule has 31 heavy (non-hydrogen) atoms. The molecular weight excluding hydrogens is 398 g/mol. The highest BCUT2D eigenvalue weighted by Crippen LogP contribution is 2.28. The summed E-state index contributed by atoms with van der Waals surface area (Å²) in [6, 6.07) is 5.03. The molecule has 0 aliphatic carbocycles. The molecule has 2 aliphatic rings. The second-order valence-corrected chi connectivity index (χ2v) is 8.40. The number of carbonyl (C=O) groups is 2. The van der Waals surface area contributed by atoms with Gasteiger partial charge in [0.05, 0.1) is 13.7 Å². The van der Waals surface area contributed by atoms with Crippen molar-refractivity contribution in [3.8, 4) is 11.5 Å². The lowest BCUT2D eigenvalue weighted by molar-refractivity contribution is -0.133. The molecule has 2 saturated heterocycles. The topological polar surface area (TPSA) is 82.5 Å². The summed E-state index contributed by atoms with van der Waals surface area (Å²) in [6.07, 6.45) is 2.82. The zero-order valence-corrected chi connectivity index (χ0v) is 18.7. The normalized spacial score (nSPS) is 19.1. The van der Waals surface area contributed by atoms with Gasteiger partial charge in [0.25, 0.3) is 0 Å². The van der Waals surface area contributed by atoms with Crippen LogP contribution in [0.1, 0.15) is 36.5 Å². The van der Waals surface area contributed by atoms with Gasteiger partial charge in [0.2, 0.25) is 5.91 Å². The van der Waals surface area contributed by atoms with Crippen molar-refractivity contribution in [3.05, 3.63) is 23.8 Å². The number of nitrogens with zero attached hydrogens (tertiary/aromatic N) is 3. The van der Waals surface area contributed by atoms with Crippen LogP contribution >= 0.6 is 0 Å². The molecule has 1 unspecified atom stereocenters. The molecule has 0 radical (unpaired) electrons. The van der Waals surface area contributed by atoms with E-state index in [9.17, 15) is 14.7 Å². The highest BCUT2D eigenvalue weighted by molar-refractivity contribution is 5.94. The Kier molecular flexibility index (Phi) is 8.69. The molecule has 2 heterocycles. The van der Waals surface area contributed by atoms with Crippen LogP contribution in [0.4, 0.5) is 0 Å². The van der Waals surface area contributed by atoms with Crippen molar-refractivity contribution in [2.75, 3.05) is 66.1 Å². The van der Waals surface area contributed by atoms with E-state index in [1.807, 2.05) is 4.90 Å². The van der Waals surface area contributed by atoms with E-state index in [1.54, 1.807) is 18.2 Å². The van der Waals surface area contributed by atoms with E-state index in [1.165, 1.54) is 20.5 Å². The van der Waals surface area contributed by atoms with Crippen LogP contribution in [0.3, 0.4) is 0 Å². The SMILES string of the molecule is COc1cc(C(C)=O)ccc1OCC(O)CN1CCN(CC(=O)N2CCCCC2)CC1. The van der Waals surface area contributed by atoms with Crippen molar-refractivity contribution in [1.29, 1.82) is 0 Å². The van der Waals surface area contributed by atoms with Crippen molar-refractivity contribution in [1.82, 2.24) is 14.7 Å². The summed E-state index contributed by atoms with van der Waals surface area (Å²) in [4.78, 5) is 30.4. The number of carbonyl (C=O) groups excluding carboxylic acids is 2. The third-order valence-electron chi connectivity index (χ3n) is 6.00. The molecule has 3 rings (SSSR count). The fraction of sp³-hybridized carbons (Fsp3) is 0.652. The molecule has 2 aliphatic heterocycles. The summed E-state index contributed by atoms with van der Waals surface area (Å²) in [5, 5.41) is 10.4. The summed E-state index contributed by atoms with van der Waals surface area (Å²) in [5.74, 6) is 1.19. The average molecular weight is 434 g/mol. The average Bonchev–Trinajstić information content (AvgIpc) is 2.79. The zero-order chi connectivity index (χ0) is 22.2. The van der Waals surface area contributed by atoms with E-state index < -0.39 is 6.10 Å². The number of piperazine rings is 1. The summed E-state index contributed by atoms with van der Waals surface area (Å²) >= 11 is 0. The molecule has 1 N–H and O–H groups in total. The smallest absolute Gasteiger partial charge is 0.236 e. The largest absolute Gasteiger partial charge is 0.493 e. The number of Topliss-reactive ketones (excluding diaryl/α,β-unsaturated/α-hetero) is 1. The summed E-state index contributed by atoms with van der Waals surface area (Å²) < 4.78 is 11.0. The predicted molar refractivity (Wildman–Crippen MR) is 118 cm³/mol. The van der Waals surface area contributed by atoms with Gasteiger partial charge in [-0.1, -0.05) is 0 Å². The first kappa shape index (κ1) is 23.5. The van der Waals surface area contributed by atoms with Gasteiger partial charge in [-0.2, -0.15) is 0 Å². The monoisotopic (exact) mass is 433 g/mol. The van der Waals surface area contributed by atoms with Crippen LogP contribution in [0, 0.1) is 0 Å². The number of ether oxygens (including phenoxy) is 2. The molecule has 0 spiro atoms. The number of likely N-dealkylation sites (tertiary alicyclic amines) is 1. The Labute approximate surface area is 184 Å². The van der Waals surface area contributed by atoms with E-state index in [-0.39, 0.29) is 18.3 Å². The Bertz CT molecular complexity index is 743. The van der Waals surface area contributed by atoms with Gasteiger partial charge in [-0.05, 0) is 44.4 Å². The first-order valence-electron chi connectivity index (χ1n) is 11.2. The van der Waals surface area contributed by atoms with Gasteiger partial charge in [-0.25, -0.2) is 0 Å². The summed E-state index contributed by atoms with van der Waals surface area (Å²) in [5.41, 5.74) is 0.557. The molecule has 0 aromatic heterocycles. The van der Waals surface area contributed by atoms with E-state index in [0.29, 0.717) is 30.2 Å². The molecule has 1 amide bonds. The summed E-state index contributed by atoms with van der Waals surface area (Å²) in [6.45, 7) is 7.74. The second kappa shape index (κ2) is 11.5. The molecule has 1 atom stereocenters. The molecule has 172 valence electrons. The minimum atomic E-state index is -0.640. The van der Waals surface area contributed by atoms with Crippen molar-refractivity contribution >= 4 is 11.7 Å². The molecule has 1 aromatic carbocycles. The van der Waals surface area contributed by atoms with Gasteiger partial charge in [-0.3, -0.25) is 19.4 Å². The maximum Gasteiger partial charge on any atom is 0.236 e. The lowest BCUT2D eigenvalue weighted by Gasteiger charge is -2.36. The van der Waals surface area contributed by atoms with Crippen LogP contribution in [0.25, 0.3) is 0 Å². The maximum absolute atomic E-state index is 12.4. The van der Waals surface area contributed by atoms with Gasteiger partial charge >= 0.3 is 0 Å². The molecule has 8 nitrogen and oxygen atoms in total. The molecular formula is C23H35N3O5. The van der Waals surface area contributed by atoms with Gasteiger partial charge in [0.15, 0.2) is 17.3 Å². The van der Waals surface area contributed by atoms with E-state index in [0.717, 1.165) is 52.1 Å². The molecule has 8 heteroatoms. The number of aliphatic hydroxyl groups excluding tert-OH is 1. The van der Waals surface area contributed by atoms with Crippen LogP contribution in [0.5, 0.6) is 11.5 Å². The number of hydrogen-bond donors (Lipinski definition) is 1.